The minimum atomic E-state index is -0.0216. The van der Waals surface area contributed by atoms with E-state index in [1.54, 1.807) is 21.8 Å². The number of rotatable bonds is 0. The van der Waals surface area contributed by atoms with Crippen LogP contribution in [0.1, 0.15) is 0 Å². The maximum Gasteiger partial charge on any atom is 0.121 e. The van der Waals surface area contributed by atoms with Gasteiger partial charge in [-0.25, -0.2) is 4.31 Å². The van der Waals surface area contributed by atoms with E-state index in [9.17, 15) is 0 Å². The first-order chi connectivity index (χ1) is 3.72. The summed E-state index contributed by atoms with van der Waals surface area (Å²) in [5, 5.41) is 0. The molecule has 0 amide bonds. The first-order valence-electron chi connectivity index (χ1n) is 2.06. The lowest BCUT2D eigenvalue weighted by Crippen LogP contribution is -2.19. The van der Waals surface area contributed by atoms with E-state index in [1.807, 2.05) is 11.4 Å². The van der Waals surface area contributed by atoms with Gasteiger partial charge in [-0.05, 0) is 18.0 Å². The highest BCUT2D eigenvalue weighted by Crippen LogP contribution is 2.45. The molecule has 48 valence electrons. The standard InChI is InChI=1S/C3H5Cl2NS2/c1-6-2(4)3(5)7-8-6/h2-3H,1H3. The Morgan fingerprint density at radius 3 is 2.25 bits per heavy atom. The van der Waals surface area contributed by atoms with Crippen LogP contribution in [0.4, 0.5) is 0 Å². The Bertz CT molecular complexity index is 81.4. The first kappa shape index (κ1) is 7.35. The molecule has 8 heavy (non-hydrogen) atoms. The summed E-state index contributed by atoms with van der Waals surface area (Å²) in [4.78, 5) is 0. The fraction of sp³-hybridized carbons (Fsp3) is 1.00. The zero-order chi connectivity index (χ0) is 6.15. The highest BCUT2D eigenvalue weighted by molar-refractivity contribution is 8.76. The molecule has 0 spiro atoms. The molecule has 0 aromatic heterocycles. The van der Waals surface area contributed by atoms with Crippen LogP contribution < -0.4 is 0 Å². The summed E-state index contributed by atoms with van der Waals surface area (Å²) in [6, 6.07) is 0. The molecule has 0 aromatic rings. The van der Waals surface area contributed by atoms with Gasteiger partial charge >= 0.3 is 0 Å². The third-order valence-electron chi connectivity index (χ3n) is 0.816. The first-order valence-corrected chi connectivity index (χ1v) is 5.10. The predicted octanol–water partition coefficient (Wildman–Crippen LogP) is 2.36. The summed E-state index contributed by atoms with van der Waals surface area (Å²) in [7, 11) is 5.12. The van der Waals surface area contributed by atoms with Crippen LogP contribution in [0.25, 0.3) is 0 Å². The summed E-state index contributed by atoms with van der Waals surface area (Å²) in [6.07, 6.45) is 0. The van der Waals surface area contributed by atoms with E-state index >= 15 is 0 Å². The van der Waals surface area contributed by atoms with Gasteiger partial charge < -0.3 is 0 Å². The third kappa shape index (κ3) is 1.39. The SMILES string of the molecule is CN1SSC(Cl)C1Cl. The second kappa shape index (κ2) is 2.88. The minimum Gasteiger partial charge on any atom is -0.224 e. The van der Waals surface area contributed by atoms with Crippen LogP contribution >= 0.6 is 45.0 Å². The van der Waals surface area contributed by atoms with E-state index in [4.69, 9.17) is 23.2 Å². The zero-order valence-electron chi connectivity index (χ0n) is 4.17. The maximum absolute atomic E-state index is 5.77. The van der Waals surface area contributed by atoms with Gasteiger partial charge in [0.1, 0.15) is 10.2 Å². The van der Waals surface area contributed by atoms with E-state index in [0.717, 1.165) is 0 Å². The van der Waals surface area contributed by atoms with Gasteiger partial charge in [0.05, 0.1) is 0 Å². The van der Waals surface area contributed by atoms with Crippen molar-refractivity contribution in [1.29, 1.82) is 0 Å². The average Bonchev–Trinajstić information content (AvgIpc) is 1.98. The lowest BCUT2D eigenvalue weighted by molar-refractivity contribution is 0.559. The summed E-state index contributed by atoms with van der Waals surface area (Å²) < 4.78 is 1.97. The number of nitrogens with zero attached hydrogens (tertiary/aromatic N) is 1. The fourth-order valence-corrected chi connectivity index (χ4v) is 3.51. The molecule has 1 rings (SSSR count). The number of hydrogen-bond acceptors (Lipinski definition) is 3. The summed E-state index contributed by atoms with van der Waals surface area (Å²) in [5.41, 5.74) is -0.0216. The van der Waals surface area contributed by atoms with Crippen molar-refractivity contribution in [3.63, 3.8) is 0 Å². The molecule has 1 aliphatic rings. The van der Waals surface area contributed by atoms with Crippen LogP contribution in [0.2, 0.25) is 0 Å². The monoisotopic (exact) mass is 189 g/mol. The molecular formula is C3H5Cl2NS2. The molecule has 0 N–H and O–H groups in total. The van der Waals surface area contributed by atoms with E-state index in [0.29, 0.717) is 0 Å². The molecular weight excluding hydrogens is 185 g/mol. The summed E-state index contributed by atoms with van der Waals surface area (Å²) in [5.74, 6) is 0. The molecule has 2 atom stereocenters. The smallest absolute Gasteiger partial charge is 0.121 e. The predicted molar refractivity (Wildman–Crippen MR) is 42.2 cm³/mol. The topological polar surface area (TPSA) is 3.24 Å². The van der Waals surface area contributed by atoms with Gasteiger partial charge in [0.15, 0.2) is 0 Å². The van der Waals surface area contributed by atoms with Crippen molar-refractivity contribution < 1.29 is 0 Å². The quantitative estimate of drug-likeness (QED) is 0.250. The second-order valence-electron chi connectivity index (χ2n) is 1.44. The third-order valence-corrected chi connectivity index (χ3v) is 5.15. The lowest BCUT2D eigenvalue weighted by Gasteiger charge is -2.08. The van der Waals surface area contributed by atoms with Gasteiger partial charge in [0.2, 0.25) is 0 Å². The Kier molecular flexibility index (Phi) is 2.65. The highest BCUT2D eigenvalue weighted by atomic mass is 35.5. The molecule has 0 radical (unpaired) electrons. The van der Waals surface area contributed by atoms with Crippen molar-refractivity contribution in [3.05, 3.63) is 0 Å². The fourth-order valence-electron chi connectivity index (χ4n) is 0.361. The molecule has 1 fully saturated rings. The van der Waals surface area contributed by atoms with Crippen LogP contribution in [-0.2, 0) is 0 Å². The number of alkyl halides is 2. The second-order valence-corrected chi connectivity index (χ2v) is 5.07. The van der Waals surface area contributed by atoms with Crippen molar-refractivity contribution in [3.8, 4) is 0 Å². The number of halogens is 2. The Morgan fingerprint density at radius 1 is 1.50 bits per heavy atom. The van der Waals surface area contributed by atoms with Crippen molar-refractivity contribution in [2.24, 2.45) is 0 Å². The van der Waals surface area contributed by atoms with Crippen molar-refractivity contribution in [2.45, 2.75) is 10.2 Å². The van der Waals surface area contributed by atoms with Crippen LogP contribution in [0.15, 0.2) is 0 Å². The maximum atomic E-state index is 5.77. The Hall–Kier alpha value is 1.24. The van der Waals surface area contributed by atoms with E-state index in [2.05, 4.69) is 0 Å². The Morgan fingerprint density at radius 2 is 2.12 bits per heavy atom. The zero-order valence-corrected chi connectivity index (χ0v) is 7.32. The van der Waals surface area contributed by atoms with Crippen LogP contribution in [0.5, 0.6) is 0 Å². The van der Waals surface area contributed by atoms with Crippen LogP contribution in [-0.4, -0.2) is 21.6 Å². The molecule has 0 saturated carbocycles. The highest BCUT2D eigenvalue weighted by Gasteiger charge is 2.29. The van der Waals surface area contributed by atoms with Gasteiger partial charge in [0.25, 0.3) is 0 Å². The normalized spacial score (nSPS) is 40.9. The van der Waals surface area contributed by atoms with E-state index in [-0.39, 0.29) is 10.2 Å². The molecule has 1 nitrogen and oxygen atoms in total. The molecule has 0 aromatic carbocycles. The van der Waals surface area contributed by atoms with Crippen LogP contribution in [0.3, 0.4) is 0 Å². The molecule has 5 heteroatoms. The molecule has 0 aliphatic carbocycles. The molecule has 1 saturated heterocycles. The Balaban J connectivity index is 2.44. The van der Waals surface area contributed by atoms with E-state index < -0.39 is 0 Å². The van der Waals surface area contributed by atoms with Crippen LogP contribution in [0, 0.1) is 0 Å². The minimum absolute atomic E-state index is 0.0216. The molecule has 1 heterocycles. The van der Waals surface area contributed by atoms with E-state index in [1.165, 1.54) is 0 Å². The van der Waals surface area contributed by atoms with Crippen molar-refractivity contribution in [2.75, 3.05) is 7.05 Å². The Labute approximate surface area is 66.6 Å². The van der Waals surface area contributed by atoms with Gasteiger partial charge in [0, 0.05) is 0 Å². The average molecular weight is 190 g/mol. The van der Waals surface area contributed by atoms with Gasteiger partial charge in [-0.3, -0.25) is 0 Å². The molecule has 2 unspecified atom stereocenters. The van der Waals surface area contributed by atoms with Gasteiger partial charge in [-0.1, -0.05) is 10.8 Å². The summed E-state index contributed by atoms with van der Waals surface area (Å²) in [6.45, 7) is 0. The van der Waals surface area contributed by atoms with Crippen molar-refractivity contribution >= 4 is 45.0 Å². The summed E-state index contributed by atoms with van der Waals surface area (Å²) >= 11 is 11.5. The van der Waals surface area contributed by atoms with Gasteiger partial charge in [-0.15, -0.1) is 23.2 Å². The largest absolute Gasteiger partial charge is 0.224 e. The molecule has 0 bridgehead atoms. The van der Waals surface area contributed by atoms with Gasteiger partial charge in [-0.2, -0.15) is 0 Å². The lowest BCUT2D eigenvalue weighted by atomic mass is 10.7. The molecule has 1 aliphatic heterocycles. The number of hydrogen-bond donors (Lipinski definition) is 0. The van der Waals surface area contributed by atoms with Crippen molar-refractivity contribution in [1.82, 2.24) is 4.31 Å².